The molecule has 0 aliphatic carbocycles. The van der Waals surface area contributed by atoms with E-state index in [0.29, 0.717) is 121 Å². The molecule has 1 fully saturated rings. The Labute approximate surface area is 732 Å². The van der Waals surface area contributed by atoms with E-state index in [-0.39, 0.29) is 12.1 Å². The molecule has 688 valence electrons. The lowest BCUT2D eigenvalue weighted by atomic mass is 9.97. The van der Waals surface area contributed by atoms with E-state index in [1.54, 1.807) is 0 Å². The molecule has 11 aromatic rings. The van der Waals surface area contributed by atoms with Crippen LogP contribution in [-0.4, -0.2) is 241 Å². The Kier molecular flexibility index (Phi) is 25.3. The monoisotopic (exact) mass is 1850 g/mol. The van der Waals surface area contributed by atoms with Crippen LogP contribution in [0.1, 0.15) is 114 Å². The van der Waals surface area contributed by atoms with Crippen LogP contribution in [0.25, 0.3) is 0 Å². The third kappa shape index (κ3) is 19.4. The number of ether oxygens (including phenoxy) is 12. The van der Waals surface area contributed by atoms with Crippen molar-refractivity contribution in [2.75, 3.05) is 6.61 Å². The van der Waals surface area contributed by atoms with Gasteiger partial charge >= 0.3 is 65.7 Å². The van der Waals surface area contributed by atoms with Gasteiger partial charge in [-0.1, -0.05) is 0 Å². The molecule has 133 heavy (non-hydrogen) atoms. The van der Waals surface area contributed by atoms with Crippen LogP contribution in [0.15, 0.2) is 133 Å². The smallest absolute Gasteiger partial charge is 0.343 e. The van der Waals surface area contributed by atoms with Crippen LogP contribution in [0.2, 0.25) is 0 Å². The lowest BCUT2D eigenvalue weighted by molar-refractivity contribution is -0.282. The molecule has 0 bridgehead atoms. The first kappa shape index (κ1) is 92.3. The lowest BCUT2D eigenvalue weighted by Crippen LogP contribution is -2.63. The first-order valence-electron chi connectivity index (χ1n) is 36.1. The summed E-state index contributed by atoms with van der Waals surface area (Å²) in [5.41, 5.74) is -11.1. The van der Waals surface area contributed by atoms with Gasteiger partial charge in [0.2, 0.25) is 46.9 Å². The first-order valence-corrected chi connectivity index (χ1v) is 36.1. The summed E-state index contributed by atoms with van der Waals surface area (Å²) in [6.45, 7) is -1.77. The van der Waals surface area contributed by atoms with Crippen LogP contribution >= 0.6 is 0 Å². The molecule has 0 amide bonds. The zero-order chi connectivity index (χ0) is 97.4. The van der Waals surface area contributed by atoms with Crippen molar-refractivity contribution in [2.45, 2.75) is 30.7 Å². The van der Waals surface area contributed by atoms with Gasteiger partial charge in [-0.15, -0.1) is 0 Å². The SMILES string of the molecule is O=C(OCC1OC(OC(=O)c2cc(O)c(O)c(OC(=O)c3cc(O)c(O)c(O)c3)c2)C(OC(=O)c2cc(O)c(O)c(OC(=O)c3cc(O)c(O)c(O)c3)c2)C(OC(=O)c2cc(O)c(O)c(OC(=O)c3cc(O)c(O)c(O)c3)c2)C1OC(=O)c1cc(O)c(O)c(OC(=O)c2cc(O)c(O)c(O)c2)c1)c1cc(O)c(O)c(OC(=O)c2cc(O)c(O)c(OC(=O)c3cc(O)c(O)c(O)c3)c2)c1. The lowest BCUT2D eigenvalue weighted by Gasteiger charge is -2.43. The van der Waals surface area contributed by atoms with Gasteiger partial charge in [0.05, 0.1) is 61.2 Å². The Hall–Kier alpha value is -19.8. The minimum absolute atomic E-state index is 0.273. The Morgan fingerprint density at radius 3 is 0.556 bits per heavy atom. The van der Waals surface area contributed by atoms with Gasteiger partial charge in [-0.2, -0.15) is 0 Å². The molecular weight excluding hydrogens is 1800 g/mol. The van der Waals surface area contributed by atoms with E-state index in [1.165, 1.54) is 0 Å². The molecule has 0 saturated carbocycles. The maximum absolute atomic E-state index is 15.4. The van der Waals surface area contributed by atoms with Crippen LogP contribution < -0.4 is 28.4 Å². The summed E-state index contributed by atoms with van der Waals surface area (Å²) in [6, 6.07) is 9.16. The standard InChI is InChI=1S/C83H56O50/c84-35-1-24(2-36(85)58(35)100)73(112)123-52-18-30(12-46(95)64(52)106)78(117)128-51-17-29(11-45(94)63(51)105)72(111)122-23-57-69(130-79(118)31-13-47(96)65(107)53(19-31)124-74(113)25-3-37(86)59(101)38(87)4-25)70(131-80(119)32-14-48(97)66(108)54(20-32)125-75(114)26-5-39(88)60(102)40(89)6-26)71(132-81(120)33-15-49(98)67(109)55(21-33)126-76(115)27-7-41(90)61(103)42(91)8-27)83(129-57)133-82(121)34-16-50(99)68(110)56(22-34)127-77(116)28-9-43(92)62(104)44(93)10-28/h1-22,57,69-71,83-110H,23H2. The van der Waals surface area contributed by atoms with Crippen LogP contribution in [0.3, 0.4) is 0 Å². The zero-order valence-corrected chi connectivity index (χ0v) is 65.3. The quantitative estimate of drug-likeness (QED) is 0.0163. The molecule has 50 heteroatoms. The van der Waals surface area contributed by atoms with Gasteiger partial charge in [-0.05, 0) is 133 Å². The molecule has 50 nitrogen and oxygen atoms in total. The fourth-order valence-electron chi connectivity index (χ4n) is 11.8. The van der Waals surface area contributed by atoms with Crippen molar-refractivity contribution < 1.29 is 247 Å². The zero-order valence-electron chi connectivity index (χ0n) is 65.3. The van der Waals surface area contributed by atoms with Crippen LogP contribution in [0.4, 0.5) is 0 Å². The topological polar surface area (TPSA) is 845 Å². The second kappa shape index (κ2) is 36.4. The fourth-order valence-corrected chi connectivity index (χ4v) is 11.8. The van der Waals surface area contributed by atoms with Crippen molar-refractivity contribution in [2.24, 2.45) is 0 Å². The molecule has 1 heterocycles. The number of aromatic hydroxyl groups is 27. The molecule has 12 rings (SSSR count). The summed E-state index contributed by atoms with van der Waals surface area (Å²) in [7, 11) is 0. The van der Waals surface area contributed by atoms with Gasteiger partial charge in [0.25, 0.3) is 0 Å². The Bertz CT molecular complexity index is 6650. The summed E-state index contributed by atoms with van der Waals surface area (Å²) in [5.74, 6) is -62.3. The average molecular weight is 1850 g/mol. The molecule has 0 spiro atoms. The highest BCUT2D eigenvalue weighted by molar-refractivity contribution is 6.01. The Morgan fingerprint density at radius 1 is 0.188 bits per heavy atom. The number of carbonyl (C=O) groups excluding carboxylic acids is 11. The van der Waals surface area contributed by atoms with Crippen molar-refractivity contribution in [3.63, 3.8) is 0 Å². The molecule has 27 N–H and O–H groups in total. The second-order valence-electron chi connectivity index (χ2n) is 27.4. The van der Waals surface area contributed by atoms with Gasteiger partial charge in [0.15, 0.2) is 167 Å². The van der Waals surface area contributed by atoms with Crippen molar-refractivity contribution in [1.29, 1.82) is 0 Å². The highest BCUT2D eigenvalue weighted by atomic mass is 16.8. The van der Waals surface area contributed by atoms with E-state index in [9.17, 15) is 171 Å². The minimum atomic E-state index is -3.17. The summed E-state index contributed by atoms with van der Waals surface area (Å²) < 4.78 is 65.7. The van der Waals surface area contributed by atoms with E-state index in [1.807, 2.05) is 0 Å². The third-order valence-corrected chi connectivity index (χ3v) is 18.4. The summed E-state index contributed by atoms with van der Waals surface area (Å²) in [4.78, 5) is 157. The van der Waals surface area contributed by atoms with E-state index in [2.05, 4.69) is 0 Å². The largest absolute Gasteiger partial charge is 0.504 e. The van der Waals surface area contributed by atoms with E-state index in [4.69, 9.17) is 56.8 Å². The van der Waals surface area contributed by atoms with E-state index in [0.717, 1.165) is 0 Å². The second-order valence-corrected chi connectivity index (χ2v) is 27.4. The number of rotatable bonds is 23. The van der Waals surface area contributed by atoms with Crippen LogP contribution in [-0.2, 0) is 28.4 Å². The molecule has 1 saturated heterocycles. The minimum Gasteiger partial charge on any atom is -0.504 e. The first-order chi connectivity index (χ1) is 62.5. The van der Waals surface area contributed by atoms with Gasteiger partial charge in [-0.25, -0.2) is 52.7 Å². The predicted molar refractivity (Wildman–Crippen MR) is 418 cm³/mol. The molecule has 0 radical (unpaired) electrons. The highest BCUT2D eigenvalue weighted by Crippen LogP contribution is 2.49. The van der Waals surface area contributed by atoms with Gasteiger partial charge in [0, 0.05) is 0 Å². The van der Waals surface area contributed by atoms with Gasteiger partial charge in [0.1, 0.15) is 12.7 Å². The van der Waals surface area contributed by atoms with E-state index < -0.39 is 354 Å². The summed E-state index contributed by atoms with van der Waals surface area (Å²) in [6.07, 6.45) is -15.3. The molecule has 1 aliphatic heterocycles. The number of hydrogen-bond acceptors (Lipinski definition) is 50. The molecule has 5 unspecified atom stereocenters. The maximum atomic E-state index is 15.4. The summed E-state index contributed by atoms with van der Waals surface area (Å²) >= 11 is 0. The summed E-state index contributed by atoms with van der Waals surface area (Å²) in [5, 5.41) is 283. The van der Waals surface area contributed by atoms with Crippen LogP contribution in [0, 0.1) is 0 Å². The number of carbonyl (C=O) groups is 11. The van der Waals surface area contributed by atoms with Gasteiger partial charge < -0.3 is 195 Å². The van der Waals surface area contributed by atoms with Crippen molar-refractivity contribution in [1.82, 2.24) is 0 Å². The van der Waals surface area contributed by atoms with Crippen LogP contribution in [0.5, 0.6) is 190 Å². The molecule has 11 aromatic carbocycles. The molecule has 5 atom stereocenters. The van der Waals surface area contributed by atoms with Crippen molar-refractivity contribution in [3.05, 3.63) is 195 Å². The fraction of sp³-hybridized carbons (Fsp3) is 0.0723. The number of esters is 11. The Balaban J connectivity index is 1.01. The number of hydrogen-bond donors (Lipinski definition) is 27. The van der Waals surface area contributed by atoms with Gasteiger partial charge in [-0.3, -0.25) is 0 Å². The average Bonchev–Trinajstić information content (AvgIpc) is 0.762. The number of phenols is 27. The predicted octanol–water partition coefficient (Wildman–Crippen LogP) is 5.47. The number of benzene rings is 11. The third-order valence-electron chi connectivity index (χ3n) is 18.4. The van der Waals surface area contributed by atoms with Crippen molar-refractivity contribution >= 4 is 65.7 Å². The molecule has 0 aromatic heterocycles. The highest BCUT2D eigenvalue weighted by Gasteiger charge is 2.55. The Morgan fingerprint density at radius 2 is 0.346 bits per heavy atom. The molecule has 1 aliphatic rings. The normalized spacial score (nSPS) is 14.3. The van der Waals surface area contributed by atoms with E-state index >= 15 is 19.2 Å². The van der Waals surface area contributed by atoms with Crippen molar-refractivity contribution in [3.8, 4) is 190 Å². The number of phenolic OH excluding ortho intramolecular Hbond substituents is 27. The molecular formula is C83H56O50. The maximum Gasteiger partial charge on any atom is 0.343 e.